The first kappa shape index (κ1) is 15.7. The average molecular weight is 326 g/mol. The zero-order chi connectivity index (χ0) is 15.6. The lowest BCUT2D eigenvalue weighted by Gasteiger charge is -2.25. The van der Waals surface area contributed by atoms with Crippen LogP contribution in [0.4, 0.5) is 0 Å². The van der Waals surface area contributed by atoms with Crippen LogP contribution in [0.25, 0.3) is 0 Å². The van der Waals surface area contributed by atoms with E-state index in [0.717, 1.165) is 11.8 Å². The van der Waals surface area contributed by atoms with Gasteiger partial charge in [-0.1, -0.05) is 11.6 Å². The van der Waals surface area contributed by atoms with Crippen molar-refractivity contribution >= 4 is 37.2 Å². The normalized spacial score (nSPS) is 23.2. The highest BCUT2D eigenvalue weighted by atomic mass is 33.1. The summed E-state index contributed by atoms with van der Waals surface area (Å²) in [4.78, 5) is 26.9. The summed E-state index contributed by atoms with van der Waals surface area (Å²) in [7, 11) is -2.72. The average Bonchev–Trinajstić information content (AvgIpc) is 2.35. The molecule has 112 valence electrons. The number of carbonyl (C=O) groups excluding carboxylic acids is 2. The van der Waals surface area contributed by atoms with Gasteiger partial charge in [-0.05, 0) is 29.9 Å². The molecule has 0 aromatic rings. The van der Waals surface area contributed by atoms with Crippen molar-refractivity contribution in [1.82, 2.24) is 5.32 Å². The summed E-state index contributed by atoms with van der Waals surface area (Å²) in [6.45, 7) is 1.86. The number of nitrogens with one attached hydrogen (secondary N) is 1. The van der Waals surface area contributed by atoms with Crippen LogP contribution < -0.4 is 5.32 Å². The molecular formula is C13H14N2O4S2. The van der Waals surface area contributed by atoms with Crippen molar-refractivity contribution in [3.8, 4) is 0 Å². The summed E-state index contributed by atoms with van der Waals surface area (Å²) >= 11 is 0. The van der Waals surface area contributed by atoms with E-state index in [0.29, 0.717) is 22.2 Å². The van der Waals surface area contributed by atoms with E-state index in [1.165, 1.54) is 6.08 Å². The van der Waals surface area contributed by atoms with Crippen molar-refractivity contribution in [2.24, 2.45) is 10.9 Å². The first-order valence-corrected chi connectivity index (χ1v) is 9.49. The van der Waals surface area contributed by atoms with Gasteiger partial charge in [-0.15, -0.1) is 0 Å². The molecule has 0 saturated heterocycles. The van der Waals surface area contributed by atoms with Crippen LogP contribution in [0.2, 0.25) is 0 Å². The molecule has 8 heteroatoms. The Kier molecular flexibility index (Phi) is 4.48. The van der Waals surface area contributed by atoms with Gasteiger partial charge >= 0.3 is 0 Å². The second kappa shape index (κ2) is 5.98. The van der Waals surface area contributed by atoms with Crippen molar-refractivity contribution in [3.63, 3.8) is 0 Å². The fourth-order valence-electron chi connectivity index (χ4n) is 1.98. The molecule has 0 aromatic carbocycles. The van der Waals surface area contributed by atoms with E-state index in [1.54, 1.807) is 12.2 Å². The van der Waals surface area contributed by atoms with Gasteiger partial charge in [0.2, 0.25) is 5.91 Å². The van der Waals surface area contributed by atoms with Gasteiger partial charge in [0.25, 0.3) is 5.91 Å². The molecule has 0 saturated carbocycles. The van der Waals surface area contributed by atoms with Gasteiger partial charge in [0.15, 0.2) is 8.87 Å². The lowest BCUT2D eigenvalue weighted by atomic mass is 9.89. The van der Waals surface area contributed by atoms with Crippen LogP contribution in [0.5, 0.6) is 0 Å². The van der Waals surface area contributed by atoms with E-state index in [1.807, 2.05) is 13.0 Å². The monoisotopic (exact) mass is 326 g/mol. The summed E-state index contributed by atoms with van der Waals surface area (Å²) in [5, 5.41) is 2.71. The Labute approximate surface area is 126 Å². The van der Waals surface area contributed by atoms with Gasteiger partial charge in [-0.2, -0.15) is 0 Å². The summed E-state index contributed by atoms with van der Waals surface area (Å²) in [5.74, 6) is -0.978. The maximum atomic E-state index is 11.6. The fraction of sp³-hybridized carbons (Fsp3) is 0.308. The van der Waals surface area contributed by atoms with E-state index in [2.05, 4.69) is 10.3 Å². The molecule has 0 aromatic heterocycles. The number of hydrogen-bond donors (Lipinski definition) is 1. The Bertz CT molecular complexity index is 714. The Hall–Kier alpha value is -1.67. The van der Waals surface area contributed by atoms with Crippen LogP contribution >= 0.6 is 10.8 Å². The summed E-state index contributed by atoms with van der Waals surface area (Å²) in [6.07, 6.45) is 7.73. The predicted octanol–water partition coefficient (Wildman–Crippen LogP) is 0.793. The highest BCUT2D eigenvalue weighted by molar-refractivity contribution is 8.72. The van der Waals surface area contributed by atoms with Gasteiger partial charge in [0.05, 0.1) is 11.5 Å². The minimum atomic E-state index is -3.26. The third-order valence-electron chi connectivity index (χ3n) is 2.87. The molecule has 1 atom stereocenters. The van der Waals surface area contributed by atoms with Crippen molar-refractivity contribution in [2.45, 2.75) is 6.92 Å². The van der Waals surface area contributed by atoms with Gasteiger partial charge in [-0.25, -0.2) is 13.4 Å². The number of carbonyl (C=O) groups is 2. The lowest BCUT2D eigenvalue weighted by Crippen LogP contribution is -2.32. The van der Waals surface area contributed by atoms with Crippen LogP contribution in [0.15, 0.2) is 40.6 Å². The zero-order valence-electron chi connectivity index (χ0n) is 11.5. The minimum absolute atomic E-state index is 0.0119. The molecule has 2 aliphatic rings. The van der Waals surface area contributed by atoms with E-state index < -0.39 is 14.8 Å². The second-order valence-electron chi connectivity index (χ2n) is 4.71. The zero-order valence-corrected chi connectivity index (χ0v) is 13.1. The molecule has 6 nitrogen and oxygen atoms in total. The summed E-state index contributed by atoms with van der Waals surface area (Å²) < 4.78 is 21.9. The number of rotatable bonds is 3. The Morgan fingerprint density at radius 2 is 2.14 bits per heavy atom. The SMILES string of the molecule is CC1=CC(=O)NC2=CC(=NC(=O)CSS(C)(=O)=O)C=CC12. The molecule has 0 spiro atoms. The molecule has 21 heavy (non-hydrogen) atoms. The molecule has 1 aliphatic carbocycles. The minimum Gasteiger partial charge on any atom is -0.325 e. The van der Waals surface area contributed by atoms with Gasteiger partial charge in [0, 0.05) is 23.9 Å². The Morgan fingerprint density at radius 3 is 2.81 bits per heavy atom. The third kappa shape index (κ3) is 4.40. The van der Waals surface area contributed by atoms with Crippen molar-refractivity contribution in [2.75, 3.05) is 12.0 Å². The molecule has 1 heterocycles. The van der Waals surface area contributed by atoms with Gasteiger partial charge in [0.1, 0.15) is 0 Å². The molecule has 1 unspecified atom stereocenters. The topological polar surface area (TPSA) is 92.7 Å². The number of amides is 2. The fourth-order valence-corrected chi connectivity index (χ4v) is 3.31. The summed E-state index contributed by atoms with van der Waals surface area (Å²) in [6, 6.07) is 0. The molecule has 0 radical (unpaired) electrons. The lowest BCUT2D eigenvalue weighted by molar-refractivity contribution is -0.116. The molecule has 2 rings (SSSR count). The molecule has 0 fully saturated rings. The molecule has 1 aliphatic heterocycles. The number of aliphatic imine (C=N–C) groups is 1. The highest BCUT2D eigenvalue weighted by Gasteiger charge is 2.23. The first-order valence-electron chi connectivity index (χ1n) is 6.09. The van der Waals surface area contributed by atoms with Crippen molar-refractivity contribution in [1.29, 1.82) is 0 Å². The van der Waals surface area contributed by atoms with Gasteiger partial charge < -0.3 is 5.32 Å². The molecule has 1 N–H and O–H groups in total. The van der Waals surface area contributed by atoms with Crippen molar-refractivity contribution < 1.29 is 18.0 Å². The quantitative estimate of drug-likeness (QED) is 0.774. The highest BCUT2D eigenvalue weighted by Crippen LogP contribution is 2.26. The molecular weight excluding hydrogens is 312 g/mol. The third-order valence-corrected chi connectivity index (χ3v) is 5.30. The van der Waals surface area contributed by atoms with Gasteiger partial charge in [-0.3, -0.25) is 9.59 Å². The smallest absolute Gasteiger partial charge is 0.257 e. The largest absolute Gasteiger partial charge is 0.325 e. The summed E-state index contributed by atoms with van der Waals surface area (Å²) in [5.41, 5.74) is 1.99. The number of nitrogens with zero attached hydrogens (tertiary/aromatic N) is 1. The first-order chi connectivity index (χ1) is 9.74. The van der Waals surface area contributed by atoms with Crippen LogP contribution in [0.1, 0.15) is 6.92 Å². The van der Waals surface area contributed by atoms with Crippen LogP contribution in [0.3, 0.4) is 0 Å². The number of allylic oxidation sites excluding steroid dienone is 3. The Balaban J connectivity index is 2.12. The van der Waals surface area contributed by atoms with Crippen molar-refractivity contribution in [3.05, 3.63) is 35.6 Å². The van der Waals surface area contributed by atoms with Crippen LogP contribution in [-0.4, -0.2) is 38.0 Å². The second-order valence-corrected chi connectivity index (χ2v) is 9.17. The Morgan fingerprint density at radius 1 is 1.43 bits per heavy atom. The predicted molar refractivity (Wildman–Crippen MR) is 82.4 cm³/mol. The van der Waals surface area contributed by atoms with E-state index in [4.69, 9.17) is 0 Å². The van der Waals surface area contributed by atoms with E-state index >= 15 is 0 Å². The van der Waals surface area contributed by atoms with E-state index in [-0.39, 0.29) is 17.6 Å². The van der Waals surface area contributed by atoms with Crippen LogP contribution in [-0.2, 0) is 18.5 Å². The maximum absolute atomic E-state index is 11.6. The standard InChI is InChI=1S/C13H14N2O4S2/c1-8-5-12(16)15-11-6-9(3-4-10(8)11)14-13(17)7-20-21(2,18)19/h3-6,10H,7H2,1-2H3,(H,15,16). The number of hydrogen-bond acceptors (Lipinski definition) is 5. The maximum Gasteiger partial charge on any atom is 0.257 e. The van der Waals surface area contributed by atoms with E-state index in [9.17, 15) is 18.0 Å². The number of fused-ring (bicyclic) bond motifs is 1. The molecule has 2 amide bonds. The van der Waals surface area contributed by atoms with Crippen LogP contribution in [0, 0.1) is 5.92 Å². The molecule has 0 bridgehead atoms.